The van der Waals surface area contributed by atoms with Gasteiger partial charge in [-0.2, -0.15) is 0 Å². The fraction of sp³-hybridized carbons (Fsp3) is 0.923. The Morgan fingerprint density at radius 3 is 2.72 bits per heavy atom. The van der Waals surface area contributed by atoms with Crippen LogP contribution in [0.4, 0.5) is 0 Å². The maximum Gasteiger partial charge on any atom is 0.222 e. The lowest BCUT2D eigenvalue weighted by atomic mass is 10.0. The minimum atomic E-state index is 0. The maximum absolute atomic E-state index is 11.9. The van der Waals surface area contributed by atoms with Crippen LogP contribution in [0, 0.1) is 5.92 Å². The summed E-state index contributed by atoms with van der Waals surface area (Å²) in [5.41, 5.74) is 5.71. The summed E-state index contributed by atoms with van der Waals surface area (Å²) >= 11 is 0. The number of nitrogens with two attached hydrogens (primary N) is 1. The molecule has 0 aromatic heterocycles. The van der Waals surface area contributed by atoms with Crippen molar-refractivity contribution in [3.63, 3.8) is 0 Å². The Morgan fingerprint density at radius 1 is 1.22 bits per heavy atom. The van der Waals surface area contributed by atoms with Crippen molar-refractivity contribution in [1.82, 2.24) is 5.32 Å². The van der Waals surface area contributed by atoms with E-state index in [0.717, 1.165) is 32.3 Å². The summed E-state index contributed by atoms with van der Waals surface area (Å²) in [4.78, 5) is 11.9. The average molecular weight is 277 g/mol. The van der Waals surface area contributed by atoms with Crippen LogP contribution in [-0.4, -0.2) is 31.2 Å². The summed E-state index contributed by atoms with van der Waals surface area (Å²) in [5, 5.41) is 3.13. The molecule has 1 saturated heterocycles. The van der Waals surface area contributed by atoms with Crippen LogP contribution < -0.4 is 11.1 Å². The van der Waals surface area contributed by atoms with E-state index in [-0.39, 0.29) is 24.4 Å². The molecule has 18 heavy (non-hydrogen) atoms. The molecule has 0 aromatic carbocycles. The Bertz CT molecular complexity index is 257. The van der Waals surface area contributed by atoms with Gasteiger partial charge in [0.2, 0.25) is 5.91 Å². The summed E-state index contributed by atoms with van der Waals surface area (Å²) in [5.74, 6) is 0.619. The molecule has 1 saturated carbocycles. The fourth-order valence-electron chi connectivity index (χ4n) is 2.95. The second-order valence-electron chi connectivity index (χ2n) is 5.29. The number of halogens is 1. The van der Waals surface area contributed by atoms with Crippen molar-refractivity contribution >= 4 is 18.3 Å². The lowest BCUT2D eigenvalue weighted by molar-refractivity contribution is -0.125. The van der Waals surface area contributed by atoms with Crippen molar-refractivity contribution in [3.8, 4) is 0 Å². The molecule has 106 valence electrons. The zero-order chi connectivity index (χ0) is 12.1. The number of hydrogen-bond donors (Lipinski definition) is 2. The molecular weight excluding hydrogens is 252 g/mol. The maximum atomic E-state index is 11.9. The zero-order valence-corrected chi connectivity index (χ0v) is 11.7. The molecule has 1 amide bonds. The Hall–Kier alpha value is -0.320. The first-order chi connectivity index (χ1) is 8.29. The van der Waals surface area contributed by atoms with Gasteiger partial charge < -0.3 is 15.8 Å². The van der Waals surface area contributed by atoms with Gasteiger partial charge in [-0.15, -0.1) is 12.4 Å². The average Bonchev–Trinajstić information content (AvgIpc) is 2.77. The van der Waals surface area contributed by atoms with E-state index >= 15 is 0 Å². The lowest BCUT2D eigenvalue weighted by Crippen LogP contribution is -2.41. The molecule has 2 rings (SSSR count). The minimum absolute atomic E-state index is 0. The van der Waals surface area contributed by atoms with Gasteiger partial charge in [0.15, 0.2) is 0 Å². The Morgan fingerprint density at radius 2 is 2.06 bits per heavy atom. The molecule has 2 aliphatic rings. The van der Waals surface area contributed by atoms with Gasteiger partial charge in [0.1, 0.15) is 0 Å². The van der Waals surface area contributed by atoms with E-state index < -0.39 is 0 Å². The number of amides is 1. The molecule has 3 unspecified atom stereocenters. The molecule has 3 N–H and O–H groups in total. The minimum Gasteiger partial charge on any atom is -0.378 e. The van der Waals surface area contributed by atoms with Gasteiger partial charge in [-0.3, -0.25) is 4.79 Å². The SMILES string of the molecule is Cl.NCC1CCCC1NC(=O)CC1CCCCO1. The number of nitrogens with one attached hydrogen (secondary N) is 1. The van der Waals surface area contributed by atoms with E-state index in [1.165, 1.54) is 12.8 Å². The number of rotatable bonds is 4. The van der Waals surface area contributed by atoms with Crippen molar-refractivity contribution in [2.45, 2.75) is 57.1 Å². The van der Waals surface area contributed by atoms with Crippen LogP contribution >= 0.6 is 12.4 Å². The summed E-state index contributed by atoms with van der Waals surface area (Å²) in [6, 6.07) is 0.302. The fourth-order valence-corrected chi connectivity index (χ4v) is 2.95. The highest BCUT2D eigenvalue weighted by Gasteiger charge is 2.28. The molecule has 1 heterocycles. The molecule has 1 aliphatic carbocycles. The van der Waals surface area contributed by atoms with Crippen LogP contribution in [0.3, 0.4) is 0 Å². The molecule has 0 spiro atoms. The number of carbonyl (C=O) groups is 1. The summed E-state index contributed by atoms with van der Waals surface area (Å²) in [7, 11) is 0. The predicted molar refractivity (Wildman–Crippen MR) is 73.8 cm³/mol. The Kier molecular flexibility index (Phi) is 6.97. The van der Waals surface area contributed by atoms with Crippen LogP contribution in [0.15, 0.2) is 0 Å². The van der Waals surface area contributed by atoms with Gasteiger partial charge >= 0.3 is 0 Å². The van der Waals surface area contributed by atoms with E-state index in [1.54, 1.807) is 0 Å². The number of hydrogen-bond acceptors (Lipinski definition) is 3. The molecule has 0 bridgehead atoms. The van der Waals surface area contributed by atoms with Crippen molar-refractivity contribution in [3.05, 3.63) is 0 Å². The second kappa shape index (κ2) is 7.97. The zero-order valence-electron chi connectivity index (χ0n) is 10.9. The first kappa shape index (κ1) is 15.7. The Labute approximate surface area is 115 Å². The van der Waals surface area contributed by atoms with Gasteiger partial charge in [-0.05, 0) is 44.6 Å². The topological polar surface area (TPSA) is 64.3 Å². The highest BCUT2D eigenvalue weighted by atomic mass is 35.5. The monoisotopic (exact) mass is 276 g/mol. The lowest BCUT2D eigenvalue weighted by Gasteiger charge is -2.24. The first-order valence-electron chi connectivity index (χ1n) is 6.90. The Balaban J connectivity index is 0.00000162. The third-order valence-electron chi connectivity index (χ3n) is 4.00. The third-order valence-corrected chi connectivity index (χ3v) is 4.00. The molecule has 4 nitrogen and oxygen atoms in total. The van der Waals surface area contributed by atoms with Crippen LogP contribution in [-0.2, 0) is 9.53 Å². The van der Waals surface area contributed by atoms with Crippen LogP contribution in [0.2, 0.25) is 0 Å². The van der Waals surface area contributed by atoms with Crippen molar-refractivity contribution in [2.24, 2.45) is 11.7 Å². The molecule has 5 heteroatoms. The van der Waals surface area contributed by atoms with Gasteiger partial charge in [-0.25, -0.2) is 0 Å². The highest BCUT2D eigenvalue weighted by molar-refractivity contribution is 5.85. The van der Waals surface area contributed by atoms with E-state index in [0.29, 0.717) is 24.9 Å². The van der Waals surface area contributed by atoms with Crippen molar-refractivity contribution < 1.29 is 9.53 Å². The molecule has 0 radical (unpaired) electrons. The van der Waals surface area contributed by atoms with Gasteiger partial charge in [-0.1, -0.05) is 6.42 Å². The van der Waals surface area contributed by atoms with Gasteiger partial charge in [0.05, 0.1) is 12.5 Å². The summed E-state index contributed by atoms with van der Waals surface area (Å²) < 4.78 is 5.58. The molecule has 3 atom stereocenters. The predicted octanol–water partition coefficient (Wildman–Crippen LogP) is 1.61. The molecule has 2 fully saturated rings. The smallest absolute Gasteiger partial charge is 0.222 e. The summed E-state index contributed by atoms with van der Waals surface area (Å²) in [6.45, 7) is 1.50. The normalized spacial score (nSPS) is 31.7. The van der Waals surface area contributed by atoms with Crippen molar-refractivity contribution in [1.29, 1.82) is 0 Å². The van der Waals surface area contributed by atoms with E-state index in [4.69, 9.17) is 10.5 Å². The van der Waals surface area contributed by atoms with E-state index in [1.807, 2.05) is 0 Å². The molecular formula is C13H25ClN2O2. The first-order valence-corrected chi connectivity index (χ1v) is 6.90. The molecule has 0 aromatic rings. The highest BCUT2D eigenvalue weighted by Crippen LogP contribution is 2.25. The number of ether oxygens (including phenoxy) is 1. The van der Waals surface area contributed by atoms with Crippen molar-refractivity contribution in [2.75, 3.05) is 13.2 Å². The van der Waals surface area contributed by atoms with E-state index in [2.05, 4.69) is 5.32 Å². The van der Waals surface area contributed by atoms with Crippen LogP contribution in [0.5, 0.6) is 0 Å². The standard InChI is InChI=1S/C13H24N2O2.ClH/c14-9-10-4-3-6-12(10)15-13(16)8-11-5-1-2-7-17-11;/h10-12H,1-9,14H2,(H,15,16);1H. The largest absolute Gasteiger partial charge is 0.378 e. The second-order valence-corrected chi connectivity index (χ2v) is 5.29. The third kappa shape index (κ3) is 4.41. The summed E-state index contributed by atoms with van der Waals surface area (Å²) in [6.07, 6.45) is 7.43. The number of carbonyl (C=O) groups excluding carboxylic acids is 1. The van der Waals surface area contributed by atoms with E-state index in [9.17, 15) is 4.79 Å². The molecule has 1 aliphatic heterocycles. The van der Waals surface area contributed by atoms with Gasteiger partial charge in [0.25, 0.3) is 0 Å². The van der Waals surface area contributed by atoms with Crippen LogP contribution in [0.25, 0.3) is 0 Å². The quantitative estimate of drug-likeness (QED) is 0.820. The van der Waals surface area contributed by atoms with Crippen LogP contribution in [0.1, 0.15) is 44.9 Å². The van der Waals surface area contributed by atoms with Gasteiger partial charge in [0, 0.05) is 12.6 Å².